The van der Waals surface area contributed by atoms with Crippen molar-refractivity contribution in [1.29, 1.82) is 0 Å². The second-order valence-electron chi connectivity index (χ2n) is 9.16. The molecule has 0 aromatic heterocycles. The van der Waals surface area contributed by atoms with Gasteiger partial charge in [0.2, 0.25) is 0 Å². The summed E-state index contributed by atoms with van der Waals surface area (Å²) in [5, 5.41) is 0. The molecule has 3 rings (SSSR count). The molecule has 0 spiro atoms. The highest BCUT2D eigenvalue weighted by Crippen LogP contribution is 2.46. The number of hydrogen-bond acceptors (Lipinski definition) is 0. The third-order valence-electron chi connectivity index (χ3n) is 7.73. The lowest BCUT2D eigenvalue weighted by atomic mass is 9.65. The van der Waals surface area contributed by atoms with Gasteiger partial charge in [-0.15, -0.1) is 0 Å². The highest BCUT2D eigenvalue weighted by molar-refractivity contribution is 4.90. The Labute approximate surface area is 153 Å². The third-order valence-corrected chi connectivity index (χ3v) is 7.73. The molecule has 0 saturated heterocycles. The fourth-order valence-corrected chi connectivity index (χ4v) is 6.12. The summed E-state index contributed by atoms with van der Waals surface area (Å²) < 4.78 is 28.0. The summed E-state index contributed by atoms with van der Waals surface area (Å²) in [5.41, 5.74) is 0. The molecule has 0 radical (unpaired) electrons. The number of halogens is 2. The minimum absolute atomic E-state index is 0.0204. The molecule has 0 aromatic rings. The number of allylic oxidation sites excluding steroid dienone is 2. The van der Waals surface area contributed by atoms with Crippen LogP contribution in [0.2, 0.25) is 0 Å². The number of hydrogen-bond donors (Lipinski definition) is 0. The Morgan fingerprint density at radius 1 is 0.760 bits per heavy atom. The molecule has 3 atom stereocenters. The Hall–Kier alpha value is -0.400. The van der Waals surface area contributed by atoms with Crippen molar-refractivity contribution in [3.8, 4) is 0 Å². The van der Waals surface area contributed by atoms with Crippen molar-refractivity contribution in [3.63, 3.8) is 0 Å². The van der Waals surface area contributed by atoms with Crippen LogP contribution in [-0.4, -0.2) is 12.3 Å². The summed E-state index contributed by atoms with van der Waals surface area (Å²) in [5.74, 6) is 3.21. The van der Waals surface area contributed by atoms with Crippen LogP contribution in [0.5, 0.6) is 0 Å². The van der Waals surface area contributed by atoms with Crippen LogP contribution < -0.4 is 0 Å². The summed E-state index contributed by atoms with van der Waals surface area (Å²) in [6, 6.07) is 0. The maximum absolute atomic E-state index is 14.3. The first kappa shape index (κ1) is 19.4. The maximum Gasteiger partial charge on any atom is 0.134 e. The number of alkyl halides is 2. The van der Waals surface area contributed by atoms with Crippen LogP contribution in [0.3, 0.4) is 0 Å². The normalized spacial score (nSPS) is 43.4. The van der Waals surface area contributed by atoms with E-state index >= 15 is 0 Å². The molecule has 144 valence electrons. The van der Waals surface area contributed by atoms with Gasteiger partial charge in [-0.05, 0) is 101 Å². The van der Waals surface area contributed by atoms with Gasteiger partial charge < -0.3 is 0 Å². The maximum atomic E-state index is 14.3. The van der Waals surface area contributed by atoms with Crippen LogP contribution in [0.4, 0.5) is 8.78 Å². The van der Waals surface area contributed by atoms with E-state index in [2.05, 4.69) is 19.1 Å². The van der Waals surface area contributed by atoms with Crippen molar-refractivity contribution in [2.75, 3.05) is 0 Å². The van der Waals surface area contributed by atoms with Gasteiger partial charge in [-0.25, -0.2) is 8.78 Å². The van der Waals surface area contributed by atoms with Gasteiger partial charge in [0.1, 0.15) is 12.3 Å². The zero-order valence-corrected chi connectivity index (χ0v) is 16.1. The van der Waals surface area contributed by atoms with E-state index in [1.165, 1.54) is 51.4 Å². The van der Waals surface area contributed by atoms with Crippen molar-refractivity contribution in [2.45, 2.75) is 103 Å². The largest absolute Gasteiger partial charge is 0.244 e. The van der Waals surface area contributed by atoms with Crippen molar-refractivity contribution in [1.82, 2.24) is 0 Å². The molecule has 3 aliphatic carbocycles. The lowest BCUT2D eigenvalue weighted by molar-refractivity contribution is 0.0155. The Kier molecular flexibility index (Phi) is 7.37. The molecule has 0 aliphatic heterocycles. The topological polar surface area (TPSA) is 0 Å². The monoisotopic (exact) mass is 352 g/mol. The molecule has 0 N–H and O–H groups in total. The average molecular weight is 353 g/mol. The van der Waals surface area contributed by atoms with Crippen LogP contribution in [0, 0.1) is 29.6 Å². The van der Waals surface area contributed by atoms with E-state index in [9.17, 15) is 8.78 Å². The van der Waals surface area contributed by atoms with Crippen molar-refractivity contribution < 1.29 is 8.78 Å². The van der Waals surface area contributed by atoms with Gasteiger partial charge in [-0.3, -0.25) is 0 Å². The van der Waals surface area contributed by atoms with E-state index in [-0.39, 0.29) is 5.92 Å². The Morgan fingerprint density at radius 3 is 2.00 bits per heavy atom. The molecule has 3 fully saturated rings. The average Bonchev–Trinajstić information content (AvgIpc) is 2.65. The predicted molar refractivity (Wildman–Crippen MR) is 102 cm³/mol. The summed E-state index contributed by atoms with van der Waals surface area (Å²) in [6.07, 6.45) is 17.5. The van der Waals surface area contributed by atoms with Crippen LogP contribution in [0.1, 0.15) is 90.4 Å². The van der Waals surface area contributed by atoms with Crippen LogP contribution >= 0.6 is 0 Å². The van der Waals surface area contributed by atoms with Crippen LogP contribution in [-0.2, 0) is 0 Å². The van der Waals surface area contributed by atoms with E-state index in [0.29, 0.717) is 12.3 Å². The zero-order valence-electron chi connectivity index (χ0n) is 16.1. The molecule has 0 bridgehead atoms. The lowest BCUT2D eigenvalue weighted by Gasteiger charge is -2.42. The summed E-state index contributed by atoms with van der Waals surface area (Å²) in [6.45, 7) is 2.11. The van der Waals surface area contributed by atoms with Crippen LogP contribution in [0.15, 0.2) is 12.2 Å². The summed E-state index contributed by atoms with van der Waals surface area (Å²) >= 11 is 0. The smallest absolute Gasteiger partial charge is 0.134 e. The highest BCUT2D eigenvalue weighted by Gasteiger charge is 2.40. The Balaban J connectivity index is 1.39. The molecule has 2 unspecified atom stereocenters. The molecule has 25 heavy (non-hydrogen) atoms. The molecule has 0 aromatic carbocycles. The first-order valence-corrected chi connectivity index (χ1v) is 11.1. The van der Waals surface area contributed by atoms with E-state index in [1.807, 2.05) is 0 Å². The van der Waals surface area contributed by atoms with E-state index < -0.39 is 12.3 Å². The van der Waals surface area contributed by atoms with Crippen molar-refractivity contribution >= 4 is 0 Å². The second-order valence-corrected chi connectivity index (χ2v) is 9.16. The first-order chi connectivity index (χ1) is 12.2. The van der Waals surface area contributed by atoms with Gasteiger partial charge in [-0.2, -0.15) is 0 Å². The van der Waals surface area contributed by atoms with E-state index in [1.54, 1.807) is 0 Å². The molecule has 0 heterocycles. The fourth-order valence-electron chi connectivity index (χ4n) is 6.12. The molecule has 2 heteroatoms. The SMILES string of the molecule is C/C=C/CCC1CCC(C2CCC([C@@H]3CCCC(F)C3F)CC2)CC1. The predicted octanol–water partition coefficient (Wildman–Crippen LogP) is 7.43. The van der Waals surface area contributed by atoms with Crippen molar-refractivity contribution in [3.05, 3.63) is 12.2 Å². The summed E-state index contributed by atoms with van der Waals surface area (Å²) in [7, 11) is 0. The quantitative estimate of drug-likeness (QED) is 0.451. The molecular formula is C23H38F2. The van der Waals surface area contributed by atoms with Gasteiger partial charge >= 0.3 is 0 Å². The third kappa shape index (κ3) is 5.07. The van der Waals surface area contributed by atoms with Gasteiger partial charge in [-0.1, -0.05) is 31.4 Å². The van der Waals surface area contributed by atoms with Gasteiger partial charge in [0.25, 0.3) is 0 Å². The number of rotatable bonds is 5. The molecular weight excluding hydrogens is 314 g/mol. The molecule has 0 amide bonds. The van der Waals surface area contributed by atoms with Gasteiger partial charge in [0, 0.05) is 0 Å². The second kappa shape index (κ2) is 9.51. The fraction of sp³-hybridized carbons (Fsp3) is 0.913. The van der Waals surface area contributed by atoms with Gasteiger partial charge in [0.15, 0.2) is 0 Å². The van der Waals surface area contributed by atoms with Gasteiger partial charge in [0.05, 0.1) is 0 Å². The standard InChI is InChI=1S/C23H38F2/c1-2-3-4-6-17-9-11-18(12-10-17)19-13-15-20(16-14-19)21-7-5-8-22(24)23(21)25/h2-3,17-23H,4-16H2,1H3/b3-2+/t17?,18?,19?,20?,21-,22?,23?/m0/s1. The minimum Gasteiger partial charge on any atom is -0.244 e. The highest BCUT2D eigenvalue weighted by atomic mass is 19.2. The molecule has 0 nitrogen and oxygen atoms in total. The Morgan fingerprint density at radius 2 is 1.36 bits per heavy atom. The van der Waals surface area contributed by atoms with E-state index in [4.69, 9.17) is 0 Å². The minimum atomic E-state index is -1.19. The Bertz CT molecular complexity index is 402. The molecule has 3 saturated carbocycles. The van der Waals surface area contributed by atoms with Crippen LogP contribution in [0.25, 0.3) is 0 Å². The molecule has 3 aliphatic rings. The lowest BCUT2D eigenvalue weighted by Crippen LogP contribution is -2.38. The zero-order chi connectivity index (χ0) is 17.6. The first-order valence-electron chi connectivity index (χ1n) is 11.1. The van der Waals surface area contributed by atoms with Crippen molar-refractivity contribution in [2.24, 2.45) is 29.6 Å². The van der Waals surface area contributed by atoms with E-state index in [0.717, 1.165) is 43.4 Å². The summed E-state index contributed by atoms with van der Waals surface area (Å²) in [4.78, 5) is 0.